The molecule has 0 aliphatic carbocycles. The highest BCUT2D eigenvalue weighted by Crippen LogP contribution is 2.12. The summed E-state index contributed by atoms with van der Waals surface area (Å²) in [6.45, 7) is 3.42. The summed E-state index contributed by atoms with van der Waals surface area (Å²) in [4.78, 5) is 0. The molecule has 90 valence electrons. The molecule has 4 heteroatoms. The number of ether oxygens (including phenoxy) is 1. The van der Waals surface area contributed by atoms with Gasteiger partial charge in [0, 0.05) is 13.1 Å². The van der Waals surface area contributed by atoms with Crippen LogP contribution in [-0.2, 0) is 6.54 Å². The lowest BCUT2D eigenvalue weighted by Crippen LogP contribution is -2.28. The summed E-state index contributed by atoms with van der Waals surface area (Å²) in [6, 6.07) is 7.79. The van der Waals surface area contributed by atoms with Crippen molar-refractivity contribution in [3.8, 4) is 5.75 Å². The Bertz CT molecular complexity index is 304. The van der Waals surface area contributed by atoms with Crippen LogP contribution in [0.2, 0.25) is 0 Å². The molecule has 0 saturated carbocycles. The van der Waals surface area contributed by atoms with Crippen molar-refractivity contribution in [2.75, 3.05) is 19.8 Å². The van der Waals surface area contributed by atoms with Crippen molar-refractivity contribution in [1.82, 2.24) is 5.32 Å². The Hall–Kier alpha value is -1.10. The Morgan fingerprint density at radius 2 is 2.25 bits per heavy atom. The van der Waals surface area contributed by atoms with Crippen LogP contribution in [0.15, 0.2) is 24.3 Å². The molecule has 1 aromatic carbocycles. The summed E-state index contributed by atoms with van der Waals surface area (Å²) >= 11 is 0. The number of nitrogens with one attached hydrogen (secondary N) is 1. The van der Waals surface area contributed by atoms with E-state index in [2.05, 4.69) is 5.32 Å². The maximum absolute atomic E-state index is 9.14. The van der Waals surface area contributed by atoms with Gasteiger partial charge < -0.3 is 20.3 Å². The molecule has 1 aromatic rings. The fourth-order valence-electron chi connectivity index (χ4n) is 1.36. The first-order chi connectivity index (χ1) is 7.76. The van der Waals surface area contributed by atoms with E-state index in [0.29, 0.717) is 19.7 Å². The van der Waals surface area contributed by atoms with Gasteiger partial charge in [-0.15, -0.1) is 0 Å². The molecule has 0 bridgehead atoms. The van der Waals surface area contributed by atoms with Gasteiger partial charge in [0.15, 0.2) is 0 Å². The predicted octanol–water partition coefficient (Wildman–Crippen LogP) is 0.528. The summed E-state index contributed by atoms with van der Waals surface area (Å²) in [5.41, 5.74) is 1.09. The molecule has 0 unspecified atom stereocenters. The number of hydrogen-bond acceptors (Lipinski definition) is 4. The molecule has 0 aliphatic heterocycles. The normalized spacial score (nSPS) is 12.4. The van der Waals surface area contributed by atoms with Gasteiger partial charge >= 0.3 is 0 Å². The van der Waals surface area contributed by atoms with Crippen LogP contribution >= 0.6 is 0 Å². The molecule has 0 amide bonds. The zero-order valence-electron chi connectivity index (χ0n) is 9.52. The number of hydrogen-bond donors (Lipinski definition) is 3. The van der Waals surface area contributed by atoms with Crippen LogP contribution < -0.4 is 10.1 Å². The predicted molar refractivity (Wildman–Crippen MR) is 62.4 cm³/mol. The Balaban J connectivity index is 2.38. The standard InChI is InChI=1S/C12H19NO3/c1-2-16-12-5-3-4-10(6-12)7-13-8-11(15)9-14/h3-6,11,13-15H,2,7-9H2,1H3/t11-/m0/s1. The average molecular weight is 225 g/mol. The van der Waals surface area contributed by atoms with E-state index in [1.807, 2.05) is 31.2 Å². The van der Waals surface area contributed by atoms with E-state index in [4.69, 9.17) is 14.9 Å². The molecule has 1 rings (SSSR count). The zero-order valence-corrected chi connectivity index (χ0v) is 9.52. The Morgan fingerprint density at radius 1 is 1.44 bits per heavy atom. The van der Waals surface area contributed by atoms with Gasteiger partial charge in [0.1, 0.15) is 5.75 Å². The highest BCUT2D eigenvalue weighted by atomic mass is 16.5. The summed E-state index contributed by atoms with van der Waals surface area (Å²) in [5.74, 6) is 0.851. The number of rotatable bonds is 7. The summed E-state index contributed by atoms with van der Waals surface area (Å²) in [5, 5.41) is 20.8. The van der Waals surface area contributed by atoms with E-state index in [1.165, 1.54) is 0 Å². The van der Waals surface area contributed by atoms with Crippen LogP contribution in [0.1, 0.15) is 12.5 Å². The third kappa shape index (κ3) is 4.61. The molecule has 0 saturated heterocycles. The number of benzene rings is 1. The molecule has 0 radical (unpaired) electrons. The summed E-state index contributed by atoms with van der Waals surface area (Å²) < 4.78 is 5.38. The second kappa shape index (κ2) is 7.22. The van der Waals surface area contributed by atoms with Crippen molar-refractivity contribution in [2.45, 2.75) is 19.6 Å². The molecular formula is C12H19NO3. The fourth-order valence-corrected chi connectivity index (χ4v) is 1.36. The van der Waals surface area contributed by atoms with Crippen molar-refractivity contribution in [2.24, 2.45) is 0 Å². The minimum absolute atomic E-state index is 0.216. The molecule has 16 heavy (non-hydrogen) atoms. The smallest absolute Gasteiger partial charge is 0.119 e. The third-order valence-corrected chi connectivity index (χ3v) is 2.13. The number of aliphatic hydroxyl groups is 2. The van der Waals surface area contributed by atoms with Gasteiger partial charge in [0.2, 0.25) is 0 Å². The van der Waals surface area contributed by atoms with E-state index >= 15 is 0 Å². The first-order valence-electron chi connectivity index (χ1n) is 5.47. The van der Waals surface area contributed by atoms with Gasteiger partial charge in [-0.3, -0.25) is 0 Å². The van der Waals surface area contributed by atoms with Crippen molar-refractivity contribution in [3.63, 3.8) is 0 Å². The number of aliphatic hydroxyl groups excluding tert-OH is 2. The minimum atomic E-state index is -0.699. The first-order valence-corrected chi connectivity index (χ1v) is 5.47. The van der Waals surface area contributed by atoms with E-state index in [9.17, 15) is 0 Å². The van der Waals surface area contributed by atoms with Crippen LogP contribution in [-0.4, -0.2) is 36.1 Å². The van der Waals surface area contributed by atoms with E-state index in [0.717, 1.165) is 11.3 Å². The highest BCUT2D eigenvalue weighted by Gasteiger charge is 2.01. The third-order valence-electron chi connectivity index (χ3n) is 2.13. The molecule has 0 fully saturated rings. The fraction of sp³-hybridized carbons (Fsp3) is 0.500. The molecule has 0 aliphatic rings. The van der Waals surface area contributed by atoms with E-state index < -0.39 is 6.10 Å². The molecule has 1 atom stereocenters. The first kappa shape index (κ1) is 13.0. The van der Waals surface area contributed by atoms with E-state index in [-0.39, 0.29) is 6.61 Å². The lowest BCUT2D eigenvalue weighted by atomic mass is 10.2. The second-order valence-corrected chi connectivity index (χ2v) is 3.55. The lowest BCUT2D eigenvalue weighted by molar-refractivity contribution is 0.0942. The van der Waals surface area contributed by atoms with Gasteiger partial charge in [0.05, 0.1) is 19.3 Å². The molecular weight excluding hydrogens is 206 g/mol. The van der Waals surface area contributed by atoms with Crippen LogP contribution in [0.25, 0.3) is 0 Å². The van der Waals surface area contributed by atoms with Crippen LogP contribution in [0, 0.1) is 0 Å². The maximum atomic E-state index is 9.14. The van der Waals surface area contributed by atoms with E-state index in [1.54, 1.807) is 0 Å². The molecule has 0 heterocycles. The Labute approximate surface area is 95.9 Å². The van der Waals surface area contributed by atoms with Gasteiger partial charge in [-0.25, -0.2) is 0 Å². The van der Waals surface area contributed by atoms with Gasteiger partial charge in [0.25, 0.3) is 0 Å². The monoisotopic (exact) mass is 225 g/mol. The van der Waals surface area contributed by atoms with Crippen molar-refractivity contribution < 1.29 is 14.9 Å². The lowest BCUT2D eigenvalue weighted by Gasteiger charge is -2.10. The topological polar surface area (TPSA) is 61.7 Å². The molecule has 4 nitrogen and oxygen atoms in total. The summed E-state index contributed by atoms with van der Waals surface area (Å²) in [6.07, 6.45) is -0.699. The van der Waals surface area contributed by atoms with Crippen LogP contribution in [0.5, 0.6) is 5.75 Å². The second-order valence-electron chi connectivity index (χ2n) is 3.55. The highest BCUT2D eigenvalue weighted by molar-refractivity contribution is 5.28. The Morgan fingerprint density at radius 3 is 2.94 bits per heavy atom. The quantitative estimate of drug-likeness (QED) is 0.633. The molecule has 0 spiro atoms. The summed E-state index contributed by atoms with van der Waals surface area (Å²) in [7, 11) is 0. The minimum Gasteiger partial charge on any atom is -0.494 e. The van der Waals surface area contributed by atoms with Crippen molar-refractivity contribution in [1.29, 1.82) is 0 Å². The average Bonchev–Trinajstić information content (AvgIpc) is 2.30. The van der Waals surface area contributed by atoms with Crippen molar-refractivity contribution in [3.05, 3.63) is 29.8 Å². The van der Waals surface area contributed by atoms with Gasteiger partial charge in [-0.2, -0.15) is 0 Å². The maximum Gasteiger partial charge on any atom is 0.119 e. The van der Waals surface area contributed by atoms with Crippen molar-refractivity contribution >= 4 is 0 Å². The van der Waals surface area contributed by atoms with Crippen LogP contribution in [0.4, 0.5) is 0 Å². The SMILES string of the molecule is CCOc1cccc(CNC[C@H](O)CO)c1. The van der Waals surface area contributed by atoms with Crippen LogP contribution in [0.3, 0.4) is 0 Å². The Kier molecular flexibility index (Phi) is 5.85. The molecule has 0 aromatic heterocycles. The zero-order chi connectivity index (χ0) is 11.8. The van der Waals surface area contributed by atoms with Gasteiger partial charge in [-0.1, -0.05) is 12.1 Å². The van der Waals surface area contributed by atoms with Gasteiger partial charge in [-0.05, 0) is 24.6 Å². The molecule has 3 N–H and O–H groups in total. The largest absolute Gasteiger partial charge is 0.494 e.